The summed E-state index contributed by atoms with van der Waals surface area (Å²) >= 11 is 0. The van der Waals surface area contributed by atoms with Crippen LogP contribution in [0.15, 0.2) is 17.2 Å². The largest absolute Gasteiger partial charge is 0.493 e. The van der Waals surface area contributed by atoms with Crippen LogP contribution in [-0.2, 0) is 10.0 Å². The maximum Gasteiger partial charge on any atom is 0.340 e. The van der Waals surface area contributed by atoms with E-state index in [9.17, 15) is 18.3 Å². The Kier molecular flexibility index (Phi) is 4.92. The van der Waals surface area contributed by atoms with Gasteiger partial charge in [-0.25, -0.2) is 18.0 Å². The molecule has 1 aromatic carbocycles. The second kappa shape index (κ2) is 6.24. The molecule has 0 radical (unpaired) electrons. The number of rotatable bonds is 6. The number of nitrogens with one attached hydrogen (secondary N) is 1. The molecule has 0 heterocycles. The van der Waals surface area contributed by atoms with Gasteiger partial charge in [-0.15, -0.1) is 0 Å². The summed E-state index contributed by atoms with van der Waals surface area (Å²) in [5.41, 5.74) is -0.00259. The first kappa shape index (κ1) is 15.8. The number of hydrazone groups is 1. The van der Waals surface area contributed by atoms with Crippen LogP contribution in [0.1, 0.15) is 15.9 Å². The lowest BCUT2D eigenvalue weighted by atomic mass is 10.1. The second-order valence-corrected chi connectivity index (χ2v) is 5.42. The molecule has 0 fully saturated rings. The first-order valence-electron chi connectivity index (χ1n) is 5.28. The molecule has 0 saturated carbocycles. The average Bonchev–Trinajstić information content (AvgIpc) is 2.35. The van der Waals surface area contributed by atoms with Crippen LogP contribution in [0.25, 0.3) is 0 Å². The maximum absolute atomic E-state index is 11.3. The van der Waals surface area contributed by atoms with E-state index in [0.717, 1.165) is 12.5 Å². The van der Waals surface area contributed by atoms with E-state index in [1.807, 2.05) is 4.83 Å². The third-order valence-electron chi connectivity index (χ3n) is 2.21. The quantitative estimate of drug-likeness (QED) is 0.576. The molecule has 0 saturated heterocycles. The molecule has 0 unspecified atom stereocenters. The van der Waals surface area contributed by atoms with Gasteiger partial charge in [-0.1, -0.05) is 0 Å². The maximum atomic E-state index is 11.3. The van der Waals surface area contributed by atoms with Crippen molar-refractivity contribution in [2.24, 2.45) is 5.10 Å². The molecule has 0 aromatic heterocycles. The number of carboxylic acids is 1. The van der Waals surface area contributed by atoms with E-state index < -0.39 is 16.0 Å². The molecule has 0 bridgehead atoms. The van der Waals surface area contributed by atoms with Crippen molar-refractivity contribution >= 4 is 22.2 Å². The first-order chi connectivity index (χ1) is 9.30. The highest BCUT2D eigenvalue weighted by Crippen LogP contribution is 2.32. The van der Waals surface area contributed by atoms with E-state index in [4.69, 9.17) is 9.47 Å². The van der Waals surface area contributed by atoms with Crippen LogP contribution in [-0.4, -0.2) is 46.2 Å². The lowest BCUT2D eigenvalue weighted by Gasteiger charge is -2.12. The SMILES string of the molecule is COc1ccc(/C=N/NS(C)(=O)=O)c(C(=O)O)c1OC. The van der Waals surface area contributed by atoms with Crippen LogP contribution in [0, 0.1) is 0 Å². The van der Waals surface area contributed by atoms with Crippen molar-refractivity contribution in [2.75, 3.05) is 20.5 Å². The van der Waals surface area contributed by atoms with Crippen molar-refractivity contribution in [3.8, 4) is 11.5 Å². The zero-order valence-corrected chi connectivity index (χ0v) is 11.9. The minimum Gasteiger partial charge on any atom is -0.493 e. The summed E-state index contributed by atoms with van der Waals surface area (Å²) < 4.78 is 31.8. The third-order valence-corrected chi connectivity index (χ3v) is 2.65. The van der Waals surface area contributed by atoms with Crippen molar-refractivity contribution in [2.45, 2.75) is 0 Å². The third kappa shape index (κ3) is 3.85. The zero-order chi connectivity index (χ0) is 15.3. The van der Waals surface area contributed by atoms with Gasteiger partial charge < -0.3 is 14.6 Å². The standard InChI is InChI=1S/C11H14N2O6S/c1-18-8-5-4-7(6-12-13-20(3,16)17)9(11(14)15)10(8)19-2/h4-6,13H,1-3H3,(H,14,15)/b12-6+. The molecule has 0 aliphatic heterocycles. The lowest BCUT2D eigenvalue weighted by Crippen LogP contribution is -2.16. The Hall–Kier alpha value is -2.29. The summed E-state index contributed by atoms with van der Waals surface area (Å²) in [6, 6.07) is 2.92. The van der Waals surface area contributed by atoms with Gasteiger partial charge in [0.1, 0.15) is 5.56 Å². The molecular formula is C11H14N2O6S. The Morgan fingerprint density at radius 2 is 2.00 bits per heavy atom. The van der Waals surface area contributed by atoms with Gasteiger partial charge in [0.2, 0.25) is 10.0 Å². The van der Waals surface area contributed by atoms with Crippen LogP contribution in [0.2, 0.25) is 0 Å². The molecule has 20 heavy (non-hydrogen) atoms. The summed E-state index contributed by atoms with van der Waals surface area (Å²) in [4.78, 5) is 13.2. The molecule has 1 rings (SSSR count). The number of methoxy groups -OCH3 is 2. The molecule has 0 atom stereocenters. The number of carboxylic acid groups (broad SMARTS) is 1. The number of carbonyl (C=O) groups is 1. The zero-order valence-electron chi connectivity index (χ0n) is 11.1. The van der Waals surface area contributed by atoms with Crippen molar-refractivity contribution in [1.82, 2.24) is 4.83 Å². The minimum atomic E-state index is -3.51. The Labute approximate surface area is 116 Å². The van der Waals surface area contributed by atoms with Gasteiger partial charge in [0.25, 0.3) is 0 Å². The predicted molar refractivity (Wildman–Crippen MR) is 72.1 cm³/mol. The molecule has 8 nitrogen and oxygen atoms in total. The second-order valence-electron chi connectivity index (χ2n) is 3.69. The predicted octanol–water partition coefficient (Wildman–Crippen LogP) is 0.285. The number of sulfonamides is 1. The van der Waals surface area contributed by atoms with Crippen LogP contribution >= 0.6 is 0 Å². The van der Waals surface area contributed by atoms with E-state index in [0.29, 0.717) is 0 Å². The average molecular weight is 302 g/mol. The Morgan fingerprint density at radius 1 is 1.35 bits per heavy atom. The van der Waals surface area contributed by atoms with Gasteiger partial charge in [0.15, 0.2) is 11.5 Å². The van der Waals surface area contributed by atoms with Crippen LogP contribution in [0.3, 0.4) is 0 Å². The fourth-order valence-corrected chi connectivity index (χ4v) is 1.71. The van der Waals surface area contributed by atoms with Gasteiger partial charge in [-0.05, 0) is 12.1 Å². The summed E-state index contributed by atoms with van der Waals surface area (Å²) in [6.07, 6.45) is 2.00. The highest BCUT2D eigenvalue weighted by molar-refractivity contribution is 7.88. The molecule has 1 aromatic rings. The number of ether oxygens (including phenoxy) is 2. The molecule has 2 N–H and O–H groups in total. The monoisotopic (exact) mass is 302 g/mol. The van der Waals surface area contributed by atoms with Gasteiger partial charge in [0, 0.05) is 5.56 Å². The van der Waals surface area contributed by atoms with Gasteiger partial charge in [0.05, 0.1) is 26.7 Å². The summed E-state index contributed by atoms with van der Waals surface area (Å²) in [6.45, 7) is 0. The Balaban J connectivity index is 3.30. The van der Waals surface area contributed by atoms with E-state index in [1.165, 1.54) is 26.4 Å². The molecule has 110 valence electrons. The van der Waals surface area contributed by atoms with Crippen molar-refractivity contribution in [3.63, 3.8) is 0 Å². The molecule has 0 aliphatic rings. The van der Waals surface area contributed by atoms with Crippen LogP contribution < -0.4 is 14.3 Å². The fraction of sp³-hybridized carbons (Fsp3) is 0.273. The van der Waals surface area contributed by atoms with Crippen molar-refractivity contribution < 1.29 is 27.8 Å². The smallest absolute Gasteiger partial charge is 0.340 e. The molecule has 9 heteroatoms. The number of hydrogen-bond acceptors (Lipinski definition) is 6. The minimum absolute atomic E-state index is 0.0308. The van der Waals surface area contributed by atoms with Crippen LogP contribution in [0.4, 0.5) is 0 Å². The van der Waals surface area contributed by atoms with Gasteiger partial charge >= 0.3 is 5.97 Å². The number of benzene rings is 1. The van der Waals surface area contributed by atoms with E-state index in [-0.39, 0.29) is 22.6 Å². The number of hydrogen-bond donors (Lipinski definition) is 2. The normalized spacial score (nSPS) is 11.3. The molecular weight excluding hydrogens is 288 g/mol. The molecule has 0 aliphatic carbocycles. The van der Waals surface area contributed by atoms with E-state index >= 15 is 0 Å². The van der Waals surface area contributed by atoms with Crippen molar-refractivity contribution in [3.05, 3.63) is 23.3 Å². The molecule has 0 spiro atoms. The molecule has 0 amide bonds. The summed E-state index contributed by atoms with van der Waals surface area (Å²) in [5, 5.41) is 12.7. The fourth-order valence-electron chi connectivity index (χ4n) is 1.46. The number of aromatic carboxylic acids is 1. The van der Waals surface area contributed by atoms with Crippen molar-refractivity contribution in [1.29, 1.82) is 0 Å². The van der Waals surface area contributed by atoms with Crippen LogP contribution in [0.5, 0.6) is 11.5 Å². The van der Waals surface area contributed by atoms with E-state index in [1.54, 1.807) is 0 Å². The van der Waals surface area contributed by atoms with E-state index in [2.05, 4.69) is 5.10 Å². The van der Waals surface area contributed by atoms with Gasteiger partial charge in [-0.2, -0.15) is 5.10 Å². The highest BCUT2D eigenvalue weighted by Gasteiger charge is 2.20. The first-order valence-corrected chi connectivity index (χ1v) is 7.17. The summed E-state index contributed by atoms with van der Waals surface area (Å²) in [5.74, 6) is -0.969. The highest BCUT2D eigenvalue weighted by atomic mass is 32.2. The Bertz CT molecular complexity index is 639. The van der Waals surface area contributed by atoms with Gasteiger partial charge in [-0.3, -0.25) is 0 Å². The topological polar surface area (TPSA) is 114 Å². The lowest BCUT2D eigenvalue weighted by molar-refractivity contribution is 0.0692. The Morgan fingerprint density at radius 3 is 2.45 bits per heavy atom. The summed E-state index contributed by atoms with van der Waals surface area (Å²) in [7, 11) is -0.824. The number of nitrogens with zero attached hydrogens (tertiary/aromatic N) is 1.